The molecule has 33 heavy (non-hydrogen) atoms. The van der Waals surface area contributed by atoms with Crippen molar-refractivity contribution in [2.24, 2.45) is 0 Å². The molecular weight excluding hydrogens is 452 g/mol. The largest absolute Gasteiger partial charge is 0.477 e. The molecule has 3 N–H and O–H groups in total. The van der Waals surface area contributed by atoms with Crippen LogP contribution in [0.25, 0.3) is 10.9 Å². The molecule has 1 unspecified atom stereocenters. The quantitative estimate of drug-likeness (QED) is 0.427. The van der Waals surface area contributed by atoms with Crippen LogP contribution in [-0.2, 0) is 11.3 Å². The number of aromatic amines is 1. The first-order valence-corrected chi connectivity index (χ1v) is 10.5. The van der Waals surface area contributed by atoms with Crippen molar-refractivity contribution in [3.05, 3.63) is 82.7 Å². The summed E-state index contributed by atoms with van der Waals surface area (Å²) in [5, 5.41) is 13.5. The lowest BCUT2D eigenvalue weighted by molar-refractivity contribution is -0.127. The van der Waals surface area contributed by atoms with Gasteiger partial charge in [-0.05, 0) is 51.2 Å². The van der Waals surface area contributed by atoms with E-state index in [1.165, 1.54) is 17.2 Å². The Kier molecular flexibility index (Phi) is 6.78. The number of carbonyl (C=O) groups excluding carboxylic acids is 1. The number of fused-ring (bicyclic) bond motifs is 1. The molecule has 0 saturated carbocycles. The molecule has 0 bridgehead atoms. The molecule has 1 amide bonds. The molecule has 1 atom stereocenters. The highest BCUT2D eigenvalue weighted by atomic mass is 35.5. The summed E-state index contributed by atoms with van der Waals surface area (Å²) in [6, 6.07) is 6.91. The number of carboxylic acid groups (broad SMARTS) is 1. The number of hydrogen-bond acceptors (Lipinski definition) is 3. The average molecular weight is 476 g/mol. The lowest BCUT2D eigenvalue weighted by Gasteiger charge is -2.33. The van der Waals surface area contributed by atoms with Crippen molar-refractivity contribution in [3.8, 4) is 0 Å². The predicted molar refractivity (Wildman–Crippen MR) is 123 cm³/mol. The maximum Gasteiger partial charge on any atom is 0.352 e. The number of rotatable bonds is 7. The third-order valence-electron chi connectivity index (χ3n) is 5.00. The van der Waals surface area contributed by atoms with Gasteiger partial charge >= 0.3 is 5.97 Å². The summed E-state index contributed by atoms with van der Waals surface area (Å²) in [6.07, 6.45) is 1.26. The molecule has 0 aliphatic heterocycles. The van der Waals surface area contributed by atoms with E-state index in [2.05, 4.69) is 16.9 Å². The minimum absolute atomic E-state index is 0.132. The van der Waals surface area contributed by atoms with E-state index in [1.54, 1.807) is 39.0 Å². The Balaban J connectivity index is 2.24. The lowest BCUT2D eigenvalue weighted by Crippen LogP contribution is -2.47. The van der Waals surface area contributed by atoms with Crippen LogP contribution in [-0.4, -0.2) is 32.4 Å². The Bertz CT molecular complexity index is 1210. The van der Waals surface area contributed by atoms with Crippen LogP contribution in [0.5, 0.6) is 0 Å². The molecule has 0 spiro atoms. The molecule has 1 heterocycles. The van der Waals surface area contributed by atoms with E-state index in [0.717, 1.165) is 12.1 Å². The second kappa shape index (κ2) is 9.23. The van der Waals surface area contributed by atoms with Crippen molar-refractivity contribution in [1.82, 2.24) is 15.2 Å². The predicted octanol–water partition coefficient (Wildman–Crippen LogP) is 5.40. The molecule has 3 aromatic rings. The van der Waals surface area contributed by atoms with Gasteiger partial charge in [-0.2, -0.15) is 0 Å². The third kappa shape index (κ3) is 5.17. The van der Waals surface area contributed by atoms with Crippen LogP contribution < -0.4 is 5.32 Å². The first kappa shape index (κ1) is 24.3. The number of H-pyrrole nitrogens is 1. The van der Waals surface area contributed by atoms with Crippen molar-refractivity contribution in [1.29, 1.82) is 0 Å². The maximum absolute atomic E-state index is 14.4. The molecule has 0 radical (unpaired) electrons. The Morgan fingerprint density at radius 2 is 1.88 bits per heavy atom. The molecular formula is C24H24ClF2N3O3. The van der Waals surface area contributed by atoms with Gasteiger partial charge in [-0.15, -0.1) is 0 Å². The second-order valence-electron chi connectivity index (χ2n) is 8.61. The Morgan fingerprint density at radius 3 is 2.42 bits per heavy atom. The zero-order chi connectivity index (χ0) is 24.5. The van der Waals surface area contributed by atoms with Crippen LogP contribution in [0.15, 0.2) is 49.2 Å². The van der Waals surface area contributed by atoms with Gasteiger partial charge in [0.2, 0.25) is 5.91 Å². The summed E-state index contributed by atoms with van der Waals surface area (Å²) in [6.45, 7) is 8.66. The van der Waals surface area contributed by atoms with E-state index >= 15 is 0 Å². The number of carboxylic acids is 1. The first-order valence-electron chi connectivity index (χ1n) is 10.1. The van der Waals surface area contributed by atoms with Crippen LogP contribution in [0.4, 0.5) is 8.78 Å². The van der Waals surface area contributed by atoms with Crippen LogP contribution in [0.2, 0.25) is 5.02 Å². The van der Waals surface area contributed by atoms with E-state index in [9.17, 15) is 23.5 Å². The van der Waals surface area contributed by atoms with E-state index in [4.69, 9.17) is 11.6 Å². The molecule has 9 heteroatoms. The third-order valence-corrected chi connectivity index (χ3v) is 5.24. The number of amides is 1. The van der Waals surface area contributed by atoms with Gasteiger partial charge in [-0.3, -0.25) is 4.79 Å². The molecule has 1 aromatic heterocycles. The maximum atomic E-state index is 14.4. The highest BCUT2D eigenvalue weighted by Gasteiger charge is 2.35. The van der Waals surface area contributed by atoms with Crippen molar-refractivity contribution < 1.29 is 23.5 Å². The van der Waals surface area contributed by atoms with Gasteiger partial charge in [0.25, 0.3) is 0 Å². The SMILES string of the molecule is C=CN(Cc1c(F)cccc1F)C(C(=O)NC(C)(C)C)c1c(C(=O)O)[nH]c2cc(Cl)ccc12. The van der Waals surface area contributed by atoms with Crippen LogP contribution in [0.3, 0.4) is 0 Å². The fraction of sp³-hybridized carbons (Fsp3) is 0.250. The topological polar surface area (TPSA) is 85.4 Å². The number of aromatic nitrogens is 1. The van der Waals surface area contributed by atoms with Gasteiger partial charge in [0.15, 0.2) is 0 Å². The van der Waals surface area contributed by atoms with Crippen molar-refractivity contribution in [2.75, 3.05) is 0 Å². The van der Waals surface area contributed by atoms with Crippen LogP contribution >= 0.6 is 11.6 Å². The second-order valence-corrected chi connectivity index (χ2v) is 9.04. The summed E-state index contributed by atoms with van der Waals surface area (Å²) in [4.78, 5) is 29.7. The highest BCUT2D eigenvalue weighted by Crippen LogP contribution is 2.35. The number of halogens is 3. The zero-order valence-corrected chi connectivity index (χ0v) is 19.1. The fourth-order valence-corrected chi connectivity index (χ4v) is 3.83. The number of nitrogens with one attached hydrogen (secondary N) is 2. The Hall–Kier alpha value is -3.39. The van der Waals surface area contributed by atoms with Gasteiger partial charge in [-0.1, -0.05) is 30.3 Å². The summed E-state index contributed by atoms with van der Waals surface area (Å²) in [5.74, 6) is -3.44. The molecule has 0 aliphatic carbocycles. The van der Waals surface area contributed by atoms with Crippen LogP contribution in [0.1, 0.15) is 48.4 Å². The first-order chi connectivity index (χ1) is 15.4. The average Bonchev–Trinajstić information content (AvgIpc) is 3.07. The number of benzene rings is 2. The number of carbonyl (C=O) groups is 2. The van der Waals surface area contributed by atoms with Crippen LogP contribution in [0, 0.1) is 11.6 Å². The Morgan fingerprint density at radius 1 is 1.24 bits per heavy atom. The van der Waals surface area contributed by atoms with Gasteiger partial charge in [0.05, 0.1) is 0 Å². The van der Waals surface area contributed by atoms with Crippen molar-refractivity contribution in [3.63, 3.8) is 0 Å². The normalized spacial score (nSPS) is 12.4. The van der Waals surface area contributed by atoms with E-state index in [-0.39, 0.29) is 23.4 Å². The van der Waals surface area contributed by atoms with Crippen molar-refractivity contribution >= 4 is 34.4 Å². The smallest absolute Gasteiger partial charge is 0.352 e. The minimum atomic E-state index is -1.30. The summed E-state index contributed by atoms with van der Waals surface area (Å²) in [7, 11) is 0. The number of hydrogen-bond donors (Lipinski definition) is 3. The molecule has 0 fully saturated rings. The Labute approximate surface area is 194 Å². The summed E-state index contributed by atoms with van der Waals surface area (Å²) < 4.78 is 28.8. The van der Waals surface area contributed by atoms with E-state index in [1.807, 2.05) is 0 Å². The number of aromatic carboxylic acids is 1. The monoisotopic (exact) mass is 475 g/mol. The zero-order valence-electron chi connectivity index (χ0n) is 18.4. The van der Waals surface area contributed by atoms with E-state index in [0.29, 0.717) is 15.9 Å². The molecule has 0 aliphatic rings. The summed E-state index contributed by atoms with van der Waals surface area (Å²) in [5.41, 5.74) is -0.630. The standard InChI is InChI=1S/C24H24ClF2N3O3/c1-5-30(12-15-16(26)7-6-8-17(15)27)21(22(31)29-24(2,3)4)19-14-10-9-13(25)11-18(14)28-20(19)23(32)33/h5-11,21,28H,1,12H2,2-4H3,(H,29,31)(H,32,33). The molecule has 2 aromatic carbocycles. The van der Waals surface area contributed by atoms with E-state index < -0.39 is 35.1 Å². The van der Waals surface area contributed by atoms with Gasteiger partial charge < -0.3 is 20.3 Å². The van der Waals surface area contributed by atoms with Crippen molar-refractivity contribution in [2.45, 2.75) is 38.9 Å². The molecule has 6 nitrogen and oxygen atoms in total. The fourth-order valence-electron chi connectivity index (χ4n) is 3.66. The van der Waals surface area contributed by atoms with Gasteiger partial charge in [0, 0.05) is 39.1 Å². The minimum Gasteiger partial charge on any atom is -0.477 e. The number of nitrogens with zero attached hydrogens (tertiary/aromatic N) is 1. The molecule has 3 rings (SSSR count). The molecule has 174 valence electrons. The highest BCUT2D eigenvalue weighted by molar-refractivity contribution is 6.31. The van der Waals surface area contributed by atoms with Gasteiger partial charge in [-0.25, -0.2) is 13.6 Å². The van der Waals surface area contributed by atoms with Gasteiger partial charge in [0.1, 0.15) is 23.4 Å². The summed E-state index contributed by atoms with van der Waals surface area (Å²) >= 11 is 6.06. The lowest BCUT2D eigenvalue weighted by atomic mass is 9.98. The molecule has 0 saturated heterocycles.